The lowest BCUT2D eigenvalue weighted by Crippen LogP contribution is -2.13. The van der Waals surface area contributed by atoms with Crippen molar-refractivity contribution in [2.45, 2.75) is 53.1 Å². The van der Waals surface area contributed by atoms with E-state index < -0.39 is 0 Å². The Kier molecular flexibility index (Phi) is 6.30. The van der Waals surface area contributed by atoms with Gasteiger partial charge in [-0.1, -0.05) is 77.4 Å². The second-order valence-electron chi connectivity index (χ2n) is 7.51. The van der Waals surface area contributed by atoms with Crippen molar-refractivity contribution in [1.82, 2.24) is 0 Å². The minimum Gasteiger partial charge on any atom is -0.489 e. The lowest BCUT2D eigenvalue weighted by molar-refractivity contribution is 0.230. The van der Waals surface area contributed by atoms with Crippen molar-refractivity contribution in [3.63, 3.8) is 0 Å². The largest absolute Gasteiger partial charge is 0.489 e. The minimum atomic E-state index is 0.0897. The average molecular weight is 326 g/mol. The van der Waals surface area contributed by atoms with E-state index in [0.717, 1.165) is 23.5 Å². The second-order valence-corrected chi connectivity index (χ2v) is 7.51. The minimum absolute atomic E-state index is 0.0897. The van der Waals surface area contributed by atoms with Crippen LogP contribution >= 0.6 is 0 Å². The molecule has 2 heteroatoms. The highest BCUT2D eigenvalue weighted by atomic mass is 16.5. The molecule has 0 radical (unpaired) electrons. The lowest BCUT2D eigenvalue weighted by atomic mass is 9.87. The number of ether oxygens (including phenoxy) is 2. The van der Waals surface area contributed by atoms with E-state index in [4.69, 9.17) is 9.47 Å². The van der Waals surface area contributed by atoms with Gasteiger partial charge in [-0.25, -0.2) is 0 Å². The predicted octanol–water partition coefficient (Wildman–Crippen LogP) is 5.99. The van der Waals surface area contributed by atoms with Crippen LogP contribution in [0.4, 0.5) is 0 Å². The van der Waals surface area contributed by atoms with E-state index in [1.54, 1.807) is 0 Å². The van der Waals surface area contributed by atoms with Crippen LogP contribution in [-0.4, -0.2) is 6.61 Å². The molecule has 1 atom stereocenters. The highest BCUT2D eigenvalue weighted by molar-refractivity contribution is 5.45. The van der Waals surface area contributed by atoms with Crippen LogP contribution in [0.2, 0.25) is 0 Å². The fraction of sp³-hybridized carbons (Fsp3) is 0.455. The van der Waals surface area contributed by atoms with E-state index in [-0.39, 0.29) is 5.41 Å². The molecule has 0 amide bonds. The molecule has 2 aromatic rings. The third kappa shape index (κ3) is 5.30. The van der Waals surface area contributed by atoms with E-state index in [1.807, 2.05) is 24.3 Å². The molecule has 0 saturated heterocycles. The van der Waals surface area contributed by atoms with Crippen LogP contribution < -0.4 is 9.47 Å². The van der Waals surface area contributed by atoms with Crippen LogP contribution in [-0.2, 0) is 12.0 Å². The van der Waals surface area contributed by atoms with Crippen molar-refractivity contribution in [3.8, 4) is 11.5 Å². The molecule has 2 aromatic carbocycles. The maximum atomic E-state index is 6.09. The van der Waals surface area contributed by atoms with Crippen molar-refractivity contribution >= 4 is 0 Å². The summed E-state index contributed by atoms with van der Waals surface area (Å²) in [4.78, 5) is 0. The first kappa shape index (κ1) is 18.4. The van der Waals surface area contributed by atoms with Crippen molar-refractivity contribution in [1.29, 1.82) is 0 Å². The molecule has 0 aliphatic heterocycles. The topological polar surface area (TPSA) is 18.5 Å². The Morgan fingerprint density at radius 2 is 1.62 bits per heavy atom. The highest BCUT2D eigenvalue weighted by Gasteiger charge is 2.17. The van der Waals surface area contributed by atoms with E-state index in [0.29, 0.717) is 19.1 Å². The highest BCUT2D eigenvalue weighted by Crippen LogP contribution is 2.34. The Bertz CT molecular complexity index is 626. The van der Waals surface area contributed by atoms with Crippen LogP contribution in [0.25, 0.3) is 0 Å². The fourth-order valence-electron chi connectivity index (χ4n) is 2.29. The molecule has 0 heterocycles. The zero-order chi connectivity index (χ0) is 17.6. The molecule has 0 bridgehead atoms. The van der Waals surface area contributed by atoms with Gasteiger partial charge < -0.3 is 9.47 Å². The van der Waals surface area contributed by atoms with Crippen molar-refractivity contribution in [3.05, 3.63) is 59.7 Å². The third-order valence-electron chi connectivity index (χ3n) is 4.27. The van der Waals surface area contributed by atoms with Gasteiger partial charge in [0.1, 0.15) is 6.61 Å². The molecule has 130 valence electrons. The molecule has 0 aromatic heterocycles. The second kappa shape index (κ2) is 8.23. The van der Waals surface area contributed by atoms with E-state index in [2.05, 4.69) is 58.9 Å². The lowest BCUT2D eigenvalue weighted by Gasteiger charge is -2.22. The Morgan fingerprint density at radius 3 is 2.25 bits per heavy atom. The van der Waals surface area contributed by atoms with Gasteiger partial charge in [0, 0.05) is 0 Å². The number of hydrogen-bond donors (Lipinski definition) is 0. The monoisotopic (exact) mass is 326 g/mol. The summed E-state index contributed by atoms with van der Waals surface area (Å²) in [6.45, 7) is 12.3. The van der Waals surface area contributed by atoms with Crippen LogP contribution in [0.1, 0.15) is 52.2 Å². The first-order valence-electron chi connectivity index (χ1n) is 8.84. The molecule has 0 aliphatic rings. The van der Waals surface area contributed by atoms with Gasteiger partial charge in [0.25, 0.3) is 0 Å². The van der Waals surface area contributed by atoms with Crippen LogP contribution in [0.3, 0.4) is 0 Å². The first-order valence-corrected chi connectivity index (χ1v) is 8.84. The van der Waals surface area contributed by atoms with Gasteiger partial charge in [0.15, 0.2) is 11.5 Å². The smallest absolute Gasteiger partial charge is 0.161 e. The maximum absolute atomic E-state index is 6.09. The summed E-state index contributed by atoms with van der Waals surface area (Å²) >= 11 is 0. The first-order chi connectivity index (χ1) is 11.4. The van der Waals surface area contributed by atoms with Crippen molar-refractivity contribution in [2.24, 2.45) is 5.92 Å². The van der Waals surface area contributed by atoms with Gasteiger partial charge in [0.2, 0.25) is 0 Å². The Hall–Kier alpha value is -1.96. The molecular formula is C22H30O2. The van der Waals surface area contributed by atoms with E-state index >= 15 is 0 Å². The normalized spacial score (nSPS) is 12.7. The van der Waals surface area contributed by atoms with Gasteiger partial charge in [-0.15, -0.1) is 0 Å². The van der Waals surface area contributed by atoms with Gasteiger partial charge in [0.05, 0.1) is 6.61 Å². The van der Waals surface area contributed by atoms with E-state index in [1.165, 1.54) is 5.56 Å². The number of benzene rings is 2. The third-order valence-corrected chi connectivity index (χ3v) is 4.27. The molecule has 0 fully saturated rings. The molecule has 0 N–H and O–H groups in total. The summed E-state index contributed by atoms with van der Waals surface area (Å²) in [7, 11) is 0. The quantitative estimate of drug-likeness (QED) is 0.622. The van der Waals surface area contributed by atoms with Gasteiger partial charge in [-0.3, -0.25) is 0 Å². The van der Waals surface area contributed by atoms with Crippen LogP contribution in [0.15, 0.2) is 48.5 Å². The summed E-state index contributed by atoms with van der Waals surface area (Å²) in [5.41, 5.74) is 2.51. The molecule has 0 unspecified atom stereocenters. The summed E-state index contributed by atoms with van der Waals surface area (Å²) in [5, 5.41) is 0. The number of hydrogen-bond acceptors (Lipinski definition) is 2. The zero-order valence-corrected chi connectivity index (χ0v) is 15.6. The molecule has 0 spiro atoms. The molecule has 0 saturated carbocycles. The van der Waals surface area contributed by atoms with Crippen LogP contribution in [0.5, 0.6) is 11.5 Å². The SMILES string of the molecule is CC[C@H](C)COc1cc(C(C)(C)C)ccc1OCc1ccccc1. The van der Waals surface area contributed by atoms with Crippen LogP contribution in [0, 0.1) is 5.92 Å². The van der Waals surface area contributed by atoms with Gasteiger partial charge in [-0.05, 0) is 34.6 Å². The molecule has 2 nitrogen and oxygen atoms in total. The summed E-state index contributed by atoms with van der Waals surface area (Å²) in [6.07, 6.45) is 1.11. The average Bonchev–Trinajstić information content (AvgIpc) is 2.58. The summed E-state index contributed by atoms with van der Waals surface area (Å²) in [6, 6.07) is 16.5. The molecule has 0 aliphatic carbocycles. The van der Waals surface area contributed by atoms with Gasteiger partial charge >= 0.3 is 0 Å². The Labute approximate surface area is 146 Å². The van der Waals surface area contributed by atoms with Gasteiger partial charge in [-0.2, -0.15) is 0 Å². The number of rotatable bonds is 7. The molecule has 2 rings (SSSR count). The maximum Gasteiger partial charge on any atom is 0.161 e. The van der Waals surface area contributed by atoms with Crippen molar-refractivity contribution in [2.75, 3.05) is 6.61 Å². The van der Waals surface area contributed by atoms with E-state index in [9.17, 15) is 0 Å². The standard InChI is InChI=1S/C22H30O2/c1-6-17(2)15-23-21-14-19(22(3,4)5)12-13-20(21)24-16-18-10-8-7-9-11-18/h7-14,17H,6,15-16H2,1-5H3/t17-/m0/s1. The van der Waals surface area contributed by atoms with Crippen molar-refractivity contribution < 1.29 is 9.47 Å². The molecular weight excluding hydrogens is 296 g/mol. The summed E-state index contributed by atoms with van der Waals surface area (Å²) in [5.74, 6) is 2.19. The predicted molar refractivity (Wildman–Crippen MR) is 101 cm³/mol. The summed E-state index contributed by atoms with van der Waals surface area (Å²) < 4.78 is 12.1. The molecule has 24 heavy (non-hydrogen) atoms. The Balaban J connectivity index is 2.18. The fourth-order valence-corrected chi connectivity index (χ4v) is 2.29. The zero-order valence-electron chi connectivity index (χ0n) is 15.6. The Morgan fingerprint density at radius 1 is 0.917 bits per heavy atom.